The number of hydrogen-bond acceptors (Lipinski definition) is 1. The summed E-state index contributed by atoms with van der Waals surface area (Å²) in [6, 6.07) is 4.83. The van der Waals surface area contributed by atoms with Crippen LogP contribution in [-0.2, 0) is 0 Å². The van der Waals surface area contributed by atoms with Gasteiger partial charge in [0.15, 0.2) is 0 Å². The number of alkyl halides is 3. The molecule has 100 valence electrons. The fraction of sp³-hybridized carbons (Fsp3) is 0.364. The molecule has 0 radical (unpaired) electrons. The molecule has 1 aromatic rings. The number of carbonyl (C=O) groups is 1. The molecule has 18 heavy (non-hydrogen) atoms. The van der Waals surface area contributed by atoms with Crippen molar-refractivity contribution in [3.05, 3.63) is 33.3 Å². The molecule has 0 unspecified atom stereocenters. The van der Waals surface area contributed by atoms with E-state index in [0.29, 0.717) is 9.80 Å². The Kier molecular flexibility index (Phi) is 6.52. The van der Waals surface area contributed by atoms with Crippen molar-refractivity contribution in [1.29, 1.82) is 0 Å². The molecule has 0 spiro atoms. The molecule has 2 nitrogen and oxygen atoms in total. The van der Waals surface area contributed by atoms with Crippen molar-refractivity contribution in [1.82, 2.24) is 4.90 Å². The van der Waals surface area contributed by atoms with Crippen LogP contribution in [0.15, 0.2) is 22.7 Å². The molecule has 0 atom stereocenters. The van der Waals surface area contributed by atoms with Crippen LogP contribution in [0.1, 0.15) is 10.4 Å². The second-order valence-electron chi connectivity index (χ2n) is 3.43. The Balaban J connectivity index is 2.98. The average Bonchev–Trinajstić information content (AvgIpc) is 2.31. The van der Waals surface area contributed by atoms with Crippen LogP contribution in [0.2, 0.25) is 5.02 Å². The van der Waals surface area contributed by atoms with Gasteiger partial charge >= 0.3 is 0 Å². The van der Waals surface area contributed by atoms with Crippen molar-refractivity contribution in [2.24, 2.45) is 0 Å². The van der Waals surface area contributed by atoms with E-state index in [9.17, 15) is 13.6 Å². The SMILES string of the molecule is O=C(c1cccc(Br)c1Cl)N(CCBr)CC(F)F. The van der Waals surface area contributed by atoms with Crippen molar-refractivity contribution in [3.8, 4) is 0 Å². The smallest absolute Gasteiger partial charge is 0.255 e. The van der Waals surface area contributed by atoms with Crippen molar-refractivity contribution in [2.45, 2.75) is 6.43 Å². The summed E-state index contributed by atoms with van der Waals surface area (Å²) < 4.78 is 25.4. The van der Waals surface area contributed by atoms with E-state index in [-0.39, 0.29) is 17.1 Å². The average molecular weight is 405 g/mol. The highest BCUT2D eigenvalue weighted by atomic mass is 79.9. The van der Waals surface area contributed by atoms with Crippen molar-refractivity contribution >= 4 is 49.4 Å². The quantitative estimate of drug-likeness (QED) is 0.673. The number of nitrogens with zero attached hydrogens (tertiary/aromatic N) is 1. The molecular weight excluding hydrogens is 395 g/mol. The molecular formula is C11H10Br2ClF2NO. The number of halogens is 5. The first kappa shape index (κ1) is 15.9. The molecule has 7 heteroatoms. The third kappa shape index (κ3) is 4.17. The van der Waals surface area contributed by atoms with Crippen LogP contribution < -0.4 is 0 Å². The largest absolute Gasteiger partial charge is 0.332 e. The molecule has 0 aliphatic heterocycles. The van der Waals surface area contributed by atoms with Gasteiger partial charge in [-0.15, -0.1) is 0 Å². The summed E-state index contributed by atoms with van der Waals surface area (Å²) in [6.07, 6.45) is -2.57. The van der Waals surface area contributed by atoms with Crippen LogP contribution >= 0.6 is 43.5 Å². The first-order valence-electron chi connectivity index (χ1n) is 5.04. The van der Waals surface area contributed by atoms with Gasteiger partial charge in [0.2, 0.25) is 0 Å². The zero-order valence-corrected chi connectivity index (χ0v) is 13.1. The minimum atomic E-state index is -2.57. The molecule has 0 aliphatic carbocycles. The fourth-order valence-electron chi connectivity index (χ4n) is 1.38. The van der Waals surface area contributed by atoms with E-state index in [1.165, 1.54) is 6.07 Å². The van der Waals surface area contributed by atoms with Gasteiger partial charge in [-0.2, -0.15) is 0 Å². The maximum Gasteiger partial charge on any atom is 0.255 e. The molecule has 1 amide bonds. The monoisotopic (exact) mass is 403 g/mol. The lowest BCUT2D eigenvalue weighted by molar-refractivity contribution is 0.0572. The highest BCUT2D eigenvalue weighted by molar-refractivity contribution is 9.10. The second-order valence-corrected chi connectivity index (χ2v) is 5.46. The van der Waals surface area contributed by atoms with E-state index in [4.69, 9.17) is 11.6 Å². The molecule has 0 fully saturated rings. The van der Waals surface area contributed by atoms with Crippen LogP contribution in [0.25, 0.3) is 0 Å². The van der Waals surface area contributed by atoms with Gasteiger partial charge in [0.25, 0.3) is 12.3 Å². The Hall–Kier alpha value is -0.200. The Labute approximate surface area is 126 Å². The minimum Gasteiger partial charge on any atom is -0.332 e. The van der Waals surface area contributed by atoms with Gasteiger partial charge in [0.05, 0.1) is 17.1 Å². The van der Waals surface area contributed by atoms with E-state index < -0.39 is 18.9 Å². The number of carbonyl (C=O) groups excluding carboxylic acids is 1. The second kappa shape index (κ2) is 7.40. The zero-order chi connectivity index (χ0) is 13.7. The summed E-state index contributed by atoms with van der Waals surface area (Å²) in [4.78, 5) is 13.2. The molecule has 0 aliphatic rings. The summed E-state index contributed by atoms with van der Waals surface area (Å²) in [6.45, 7) is -0.403. The van der Waals surface area contributed by atoms with Gasteiger partial charge in [-0.3, -0.25) is 4.79 Å². The Morgan fingerprint density at radius 2 is 2.11 bits per heavy atom. The van der Waals surface area contributed by atoms with Gasteiger partial charge in [0, 0.05) is 16.3 Å². The summed E-state index contributed by atoms with van der Waals surface area (Å²) in [5.74, 6) is -0.499. The highest BCUT2D eigenvalue weighted by Crippen LogP contribution is 2.27. The third-order valence-electron chi connectivity index (χ3n) is 2.18. The van der Waals surface area contributed by atoms with Crippen LogP contribution in [0.3, 0.4) is 0 Å². The van der Waals surface area contributed by atoms with Gasteiger partial charge < -0.3 is 4.90 Å². The molecule has 1 rings (SSSR count). The Morgan fingerprint density at radius 3 is 2.67 bits per heavy atom. The minimum absolute atomic E-state index is 0.200. The van der Waals surface area contributed by atoms with Crippen LogP contribution in [0, 0.1) is 0 Å². The van der Waals surface area contributed by atoms with Crippen LogP contribution in [0.4, 0.5) is 8.78 Å². The standard InChI is InChI=1S/C11H10Br2ClF2NO/c12-4-5-17(6-9(15)16)11(18)7-2-1-3-8(13)10(7)14/h1-3,9H,4-6H2. The Morgan fingerprint density at radius 1 is 1.44 bits per heavy atom. The molecule has 1 aromatic carbocycles. The predicted octanol–water partition coefficient (Wildman–Crippen LogP) is 4.20. The number of benzene rings is 1. The van der Waals surface area contributed by atoms with Crippen molar-refractivity contribution in [3.63, 3.8) is 0 Å². The lowest BCUT2D eigenvalue weighted by Crippen LogP contribution is -2.36. The topological polar surface area (TPSA) is 20.3 Å². The van der Waals surface area contributed by atoms with Gasteiger partial charge in [-0.1, -0.05) is 33.6 Å². The maximum atomic E-state index is 12.4. The van der Waals surface area contributed by atoms with Crippen molar-refractivity contribution in [2.75, 3.05) is 18.4 Å². The normalized spacial score (nSPS) is 10.8. The zero-order valence-electron chi connectivity index (χ0n) is 9.18. The molecule has 0 aromatic heterocycles. The lowest BCUT2D eigenvalue weighted by atomic mass is 10.2. The van der Waals surface area contributed by atoms with Crippen molar-refractivity contribution < 1.29 is 13.6 Å². The molecule has 0 N–H and O–H groups in total. The number of hydrogen-bond donors (Lipinski definition) is 0. The number of amides is 1. The van der Waals surface area contributed by atoms with E-state index in [2.05, 4.69) is 31.9 Å². The lowest BCUT2D eigenvalue weighted by Gasteiger charge is -2.22. The first-order valence-corrected chi connectivity index (χ1v) is 7.34. The van der Waals surface area contributed by atoms with E-state index in [1.54, 1.807) is 12.1 Å². The van der Waals surface area contributed by atoms with Gasteiger partial charge in [0.1, 0.15) is 0 Å². The number of rotatable bonds is 5. The summed E-state index contributed by atoms with van der Waals surface area (Å²) in [7, 11) is 0. The van der Waals surface area contributed by atoms with E-state index in [1.807, 2.05) is 0 Å². The molecule has 0 heterocycles. The highest BCUT2D eigenvalue weighted by Gasteiger charge is 2.21. The van der Waals surface area contributed by atoms with Crippen LogP contribution in [-0.4, -0.2) is 35.7 Å². The van der Waals surface area contributed by atoms with E-state index in [0.717, 1.165) is 4.90 Å². The molecule has 0 saturated heterocycles. The van der Waals surface area contributed by atoms with Gasteiger partial charge in [-0.05, 0) is 28.1 Å². The summed E-state index contributed by atoms with van der Waals surface area (Å²) >= 11 is 12.3. The fourth-order valence-corrected chi connectivity index (χ4v) is 2.38. The van der Waals surface area contributed by atoms with E-state index >= 15 is 0 Å². The summed E-state index contributed by atoms with van der Waals surface area (Å²) in [5.41, 5.74) is 0.215. The van der Waals surface area contributed by atoms with Crippen LogP contribution in [0.5, 0.6) is 0 Å². The first-order chi connectivity index (χ1) is 8.47. The summed E-state index contributed by atoms with van der Waals surface area (Å²) in [5, 5.41) is 0.660. The maximum absolute atomic E-state index is 12.4. The molecule has 0 bridgehead atoms. The predicted molar refractivity (Wildman–Crippen MR) is 74.9 cm³/mol. The van der Waals surface area contributed by atoms with Gasteiger partial charge in [-0.25, -0.2) is 8.78 Å². The Bertz CT molecular complexity index is 432. The molecule has 0 saturated carbocycles. The third-order valence-corrected chi connectivity index (χ3v) is 3.83.